The molecule has 2 amide bonds. The lowest BCUT2D eigenvalue weighted by Gasteiger charge is -2.39. The first-order chi connectivity index (χ1) is 25.9. The highest BCUT2D eigenvalue weighted by Crippen LogP contribution is 2.41. The molecule has 9 nitrogen and oxygen atoms in total. The van der Waals surface area contributed by atoms with E-state index in [1.807, 2.05) is 67.8 Å². The van der Waals surface area contributed by atoms with E-state index in [2.05, 4.69) is 39.1 Å². The summed E-state index contributed by atoms with van der Waals surface area (Å²) in [6.07, 6.45) is 17.1. The normalized spacial score (nSPS) is 21.3. The molecular weight excluding hydrogens is 695 g/mol. The minimum atomic E-state index is -0.792. The molecular formula is C44H59N5O4S. The van der Waals surface area contributed by atoms with Gasteiger partial charge in [-0.1, -0.05) is 77.3 Å². The van der Waals surface area contributed by atoms with E-state index in [4.69, 9.17) is 14.7 Å². The number of carbonyl (C=O) groups is 3. The Balaban J connectivity index is 1.08. The lowest BCUT2D eigenvalue weighted by Crippen LogP contribution is -2.59. The fraction of sp³-hybridized carbons (Fsp3) is 0.568. The summed E-state index contributed by atoms with van der Waals surface area (Å²) in [6, 6.07) is 10.9. The first-order valence-electron chi connectivity index (χ1n) is 20.0. The van der Waals surface area contributed by atoms with Crippen molar-refractivity contribution in [1.82, 2.24) is 25.1 Å². The molecule has 1 aromatic carbocycles. The van der Waals surface area contributed by atoms with E-state index in [0.717, 1.165) is 52.2 Å². The van der Waals surface area contributed by atoms with Crippen molar-refractivity contribution in [2.24, 2.45) is 23.7 Å². The van der Waals surface area contributed by atoms with Gasteiger partial charge in [-0.3, -0.25) is 14.4 Å². The van der Waals surface area contributed by atoms with Crippen LogP contribution in [0.4, 0.5) is 0 Å². The van der Waals surface area contributed by atoms with Crippen LogP contribution >= 0.6 is 11.3 Å². The van der Waals surface area contributed by atoms with Gasteiger partial charge in [0.25, 0.3) is 5.91 Å². The van der Waals surface area contributed by atoms with E-state index in [-0.39, 0.29) is 42.2 Å². The highest BCUT2D eigenvalue weighted by atomic mass is 32.1. The van der Waals surface area contributed by atoms with Crippen LogP contribution in [-0.4, -0.2) is 83.9 Å². The van der Waals surface area contributed by atoms with Gasteiger partial charge in [0, 0.05) is 54.5 Å². The number of thiophene rings is 1. The zero-order chi connectivity index (χ0) is 38.4. The number of benzene rings is 1. The van der Waals surface area contributed by atoms with Crippen molar-refractivity contribution in [3.05, 3.63) is 75.7 Å². The molecule has 1 saturated carbocycles. The third kappa shape index (κ3) is 10.0. The molecule has 3 heterocycles. The van der Waals surface area contributed by atoms with Gasteiger partial charge < -0.3 is 19.9 Å². The Morgan fingerprint density at radius 3 is 2.24 bits per heavy atom. The number of hydrogen-bond donors (Lipinski definition) is 1. The second kappa shape index (κ2) is 17.7. The summed E-state index contributed by atoms with van der Waals surface area (Å²) in [6.45, 7) is 10.2. The maximum atomic E-state index is 13.8. The van der Waals surface area contributed by atoms with Crippen LogP contribution in [0.2, 0.25) is 0 Å². The van der Waals surface area contributed by atoms with Gasteiger partial charge in [-0.2, -0.15) is 0 Å². The average Bonchev–Trinajstić information content (AvgIpc) is 3.66. The van der Waals surface area contributed by atoms with Gasteiger partial charge in [-0.05, 0) is 92.6 Å². The highest BCUT2D eigenvalue weighted by Gasteiger charge is 2.40. The highest BCUT2D eigenvalue weighted by molar-refractivity contribution is 7.14. The van der Waals surface area contributed by atoms with E-state index in [0.29, 0.717) is 30.3 Å². The number of likely N-dealkylation sites (tertiary alicyclic amines) is 1. The SMILES string of the molecule is CCC1CCC([C@@H]2CC=C(c3cnc(-c4ccc(C[C@H](NC(=O)c5ccc(C(C)(C)C)s5)C(=O)N5CC(C(=O)OCCN(C)C)C5)cc4)nc3)CC2)CC1. The van der Waals surface area contributed by atoms with Gasteiger partial charge >= 0.3 is 5.97 Å². The molecule has 6 rings (SSSR count). The van der Waals surface area contributed by atoms with Crippen LogP contribution < -0.4 is 5.32 Å². The van der Waals surface area contributed by atoms with E-state index in [1.165, 1.54) is 55.4 Å². The molecule has 1 saturated heterocycles. The Hall–Kier alpha value is -3.89. The first kappa shape index (κ1) is 39.8. The lowest BCUT2D eigenvalue weighted by molar-refractivity contribution is -0.159. The molecule has 2 aromatic heterocycles. The number of esters is 1. The Kier molecular flexibility index (Phi) is 13.1. The third-order valence-corrected chi connectivity index (χ3v) is 13.3. The number of allylic oxidation sites excluding steroid dienone is 2. The molecule has 0 spiro atoms. The van der Waals surface area contributed by atoms with Crippen molar-refractivity contribution in [3.8, 4) is 11.4 Å². The maximum absolute atomic E-state index is 13.8. The van der Waals surface area contributed by atoms with Crippen molar-refractivity contribution in [1.29, 1.82) is 0 Å². The van der Waals surface area contributed by atoms with Crippen molar-refractivity contribution in [3.63, 3.8) is 0 Å². The Bertz CT molecular complexity index is 1760. The summed E-state index contributed by atoms with van der Waals surface area (Å²) < 4.78 is 5.41. The van der Waals surface area contributed by atoms with Crippen molar-refractivity contribution in [2.45, 2.75) is 96.9 Å². The zero-order valence-corrected chi connectivity index (χ0v) is 33.9. The Morgan fingerprint density at radius 1 is 0.944 bits per heavy atom. The molecule has 2 fully saturated rings. The number of carbonyl (C=O) groups excluding carboxylic acids is 3. The Labute approximate surface area is 326 Å². The third-order valence-electron chi connectivity index (χ3n) is 11.7. The fourth-order valence-electron chi connectivity index (χ4n) is 8.05. The summed E-state index contributed by atoms with van der Waals surface area (Å²) >= 11 is 1.45. The van der Waals surface area contributed by atoms with Crippen LogP contribution in [0, 0.1) is 23.7 Å². The second-order valence-corrected chi connectivity index (χ2v) is 18.1. The minimum Gasteiger partial charge on any atom is -0.464 e. The number of nitrogens with zero attached hydrogens (tertiary/aromatic N) is 4. The summed E-state index contributed by atoms with van der Waals surface area (Å²) in [7, 11) is 3.85. The van der Waals surface area contributed by atoms with Crippen molar-refractivity contribution in [2.75, 3.05) is 40.3 Å². The van der Waals surface area contributed by atoms with Crippen LogP contribution in [0.5, 0.6) is 0 Å². The summed E-state index contributed by atoms with van der Waals surface area (Å²) in [4.78, 5) is 54.6. The molecule has 1 N–H and O–H groups in total. The smallest absolute Gasteiger partial charge is 0.312 e. The molecule has 0 unspecified atom stereocenters. The average molecular weight is 754 g/mol. The lowest BCUT2D eigenvalue weighted by atomic mass is 9.71. The number of nitrogens with one attached hydrogen (secondary N) is 1. The Morgan fingerprint density at radius 2 is 1.65 bits per heavy atom. The fourth-order valence-corrected chi connectivity index (χ4v) is 9.02. The standard InChI is InChI=1S/C44H59N5O4S/c1-7-29-8-12-31(13-9-29)32-16-18-33(19-17-32)35-25-45-40(46-26-35)34-14-10-30(11-15-34)24-37(47-41(50)38-20-21-39(54-38)44(2,3)4)42(51)49-27-36(28-49)43(52)53-23-22-48(5)6/h10-11,14-15,18,20-21,25-26,29,31-32,36-37H,7-9,12-13,16-17,19,22-24,27-28H2,1-6H3,(H,47,50)/t29?,31?,32-,37+/m1/s1. The molecule has 0 radical (unpaired) electrons. The maximum Gasteiger partial charge on any atom is 0.312 e. The van der Waals surface area contributed by atoms with Gasteiger partial charge in [0.15, 0.2) is 5.82 Å². The summed E-state index contributed by atoms with van der Waals surface area (Å²) in [5.74, 6) is 2.18. The first-order valence-corrected chi connectivity index (χ1v) is 20.8. The van der Waals surface area contributed by atoms with Gasteiger partial charge in [0.1, 0.15) is 12.6 Å². The molecule has 3 aromatic rings. The van der Waals surface area contributed by atoms with E-state index in [1.54, 1.807) is 4.90 Å². The quantitative estimate of drug-likeness (QED) is 0.178. The molecule has 2 aliphatic carbocycles. The van der Waals surface area contributed by atoms with Crippen molar-refractivity contribution >= 4 is 34.7 Å². The molecule has 2 atom stereocenters. The molecule has 1 aliphatic heterocycles. The molecule has 3 aliphatic rings. The predicted molar refractivity (Wildman–Crippen MR) is 216 cm³/mol. The summed E-state index contributed by atoms with van der Waals surface area (Å²) in [5, 5.41) is 3.02. The predicted octanol–water partition coefficient (Wildman–Crippen LogP) is 7.81. The van der Waals surface area contributed by atoms with E-state index in [9.17, 15) is 14.4 Å². The van der Waals surface area contributed by atoms with E-state index < -0.39 is 6.04 Å². The number of amides is 2. The number of aromatic nitrogens is 2. The number of rotatable bonds is 13. The number of hydrogen-bond acceptors (Lipinski definition) is 8. The van der Waals surface area contributed by atoms with Gasteiger partial charge in [-0.25, -0.2) is 9.97 Å². The van der Waals surface area contributed by atoms with Gasteiger partial charge in [0.05, 0.1) is 10.8 Å². The van der Waals surface area contributed by atoms with Crippen LogP contribution in [-0.2, 0) is 26.2 Å². The topological polar surface area (TPSA) is 105 Å². The monoisotopic (exact) mass is 753 g/mol. The van der Waals surface area contributed by atoms with Crippen LogP contribution in [0.25, 0.3) is 17.0 Å². The number of ether oxygens (including phenoxy) is 1. The van der Waals surface area contributed by atoms with Crippen LogP contribution in [0.1, 0.15) is 105 Å². The zero-order valence-electron chi connectivity index (χ0n) is 33.1. The molecule has 10 heteroatoms. The molecule has 0 bridgehead atoms. The second-order valence-electron chi connectivity index (χ2n) is 17.0. The van der Waals surface area contributed by atoms with Gasteiger partial charge in [-0.15, -0.1) is 11.3 Å². The van der Waals surface area contributed by atoms with Gasteiger partial charge in [0.2, 0.25) is 5.91 Å². The summed E-state index contributed by atoms with van der Waals surface area (Å²) in [5.41, 5.74) is 4.18. The van der Waals surface area contributed by atoms with Crippen molar-refractivity contribution < 1.29 is 19.1 Å². The largest absolute Gasteiger partial charge is 0.464 e. The van der Waals surface area contributed by atoms with Crippen LogP contribution in [0.3, 0.4) is 0 Å². The molecule has 54 heavy (non-hydrogen) atoms. The molecule has 290 valence electrons. The number of likely N-dealkylation sites (N-methyl/N-ethyl adjacent to an activating group) is 1. The van der Waals surface area contributed by atoms with Crippen LogP contribution in [0.15, 0.2) is 54.9 Å². The minimum absolute atomic E-state index is 0.0816. The van der Waals surface area contributed by atoms with E-state index >= 15 is 0 Å².